The van der Waals surface area contributed by atoms with Crippen LogP contribution in [0.25, 0.3) is 0 Å². The lowest BCUT2D eigenvalue weighted by molar-refractivity contribution is 0.222. The molecule has 0 spiro atoms. The Hall–Kier alpha value is -1.22. The number of rotatable bonds is 3. The summed E-state index contributed by atoms with van der Waals surface area (Å²) in [7, 11) is 1.68. The van der Waals surface area contributed by atoms with Gasteiger partial charge in [0, 0.05) is 11.5 Å². The van der Waals surface area contributed by atoms with Gasteiger partial charge in [0.25, 0.3) is 0 Å². The molecule has 2 atom stereocenters. The van der Waals surface area contributed by atoms with Crippen molar-refractivity contribution in [1.82, 2.24) is 0 Å². The first-order valence-electron chi connectivity index (χ1n) is 5.31. The van der Waals surface area contributed by atoms with E-state index in [9.17, 15) is 0 Å². The van der Waals surface area contributed by atoms with E-state index in [1.165, 1.54) is 5.56 Å². The molecule has 1 heterocycles. The van der Waals surface area contributed by atoms with Crippen molar-refractivity contribution in [2.45, 2.75) is 25.4 Å². The molecule has 3 heteroatoms. The lowest BCUT2D eigenvalue weighted by Crippen LogP contribution is -2.17. The molecule has 0 fully saturated rings. The molecule has 82 valence electrons. The second-order valence-corrected chi connectivity index (χ2v) is 3.91. The van der Waals surface area contributed by atoms with Crippen LogP contribution in [-0.4, -0.2) is 19.8 Å². The van der Waals surface area contributed by atoms with Gasteiger partial charge < -0.3 is 15.2 Å². The van der Waals surface area contributed by atoms with Crippen molar-refractivity contribution >= 4 is 0 Å². The maximum atomic E-state index is 5.76. The minimum Gasteiger partial charge on any atom is -0.497 e. The largest absolute Gasteiger partial charge is 0.497 e. The Morgan fingerprint density at radius 1 is 1.47 bits per heavy atom. The van der Waals surface area contributed by atoms with Crippen LogP contribution in [0.3, 0.4) is 0 Å². The zero-order valence-electron chi connectivity index (χ0n) is 9.19. The molecule has 0 saturated carbocycles. The molecule has 15 heavy (non-hydrogen) atoms. The third-order valence-electron chi connectivity index (χ3n) is 2.97. The molecule has 0 radical (unpaired) electrons. The monoisotopic (exact) mass is 207 g/mol. The summed E-state index contributed by atoms with van der Waals surface area (Å²) in [6.45, 7) is 2.78. The number of hydrogen-bond acceptors (Lipinski definition) is 3. The average Bonchev–Trinajstić information content (AvgIpc) is 2.55. The van der Waals surface area contributed by atoms with Crippen LogP contribution in [0.1, 0.15) is 24.8 Å². The zero-order chi connectivity index (χ0) is 10.8. The molecule has 2 rings (SSSR count). The summed E-state index contributed by atoms with van der Waals surface area (Å²) in [4.78, 5) is 0. The van der Waals surface area contributed by atoms with E-state index in [2.05, 4.69) is 13.0 Å². The van der Waals surface area contributed by atoms with Crippen LogP contribution in [-0.2, 0) is 0 Å². The Kier molecular flexibility index (Phi) is 2.82. The number of ether oxygens (including phenoxy) is 2. The summed E-state index contributed by atoms with van der Waals surface area (Å²) in [6, 6.07) is 5.96. The number of hydrogen-bond donors (Lipinski definition) is 1. The molecule has 2 N–H and O–H groups in total. The van der Waals surface area contributed by atoms with Crippen molar-refractivity contribution in [3.63, 3.8) is 0 Å². The quantitative estimate of drug-likeness (QED) is 0.823. The molecule has 0 saturated heterocycles. The van der Waals surface area contributed by atoms with Crippen LogP contribution in [0.4, 0.5) is 0 Å². The van der Waals surface area contributed by atoms with Gasteiger partial charge in [-0.1, -0.05) is 0 Å². The summed E-state index contributed by atoms with van der Waals surface area (Å²) >= 11 is 0. The summed E-state index contributed by atoms with van der Waals surface area (Å²) < 4.78 is 11.0. The lowest BCUT2D eigenvalue weighted by Gasteiger charge is -2.13. The fourth-order valence-corrected chi connectivity index (χ4v) is 2.16. The first kappa shape index (κ1) is 10.3. The molecule has 1 aromatic carbocycles. The number of benzene rings is 1. The van der Waals surface area contributed by atoms with Crippen LogP contribution >= 0.6 is 0 Å². The van der Waals surface area contributed by atoms with E-state index >= 15 is 0 Å². The molecular formula is C12H17NO2. The van der Waals surface area contributed by atoms with E-state index in [1.54, 1.807) is 7.11 Å². The van der Waals surface area contributed by atoms with Crippen molar-refractivity contribution in [2.24, 2.45) is 5.73 Å². The predicted octanol–water partition coefficient (Wildman–Crippen LogP) is 1.91. The predicted molar refractivity (Wildman–Crippen MR) is 59.5 cm³/mol. The van der Waals surface area contributed by atoms with Crippen LogP contribution in [0.5, 0.6) is 11.5 Å². The highest BCUT2D eigenvalue weighted by Gasteiger charge is 2.30. The Bertz CT molecular complexity index is 351. The van der Waals surface area contributed by atoms with Crippen molar-refractivity contribution in [3.05, 3.63) is 23.8 Å². The standard InChI is InChI=1S/C12H17NO2/c1-8-10(5-6-13)11-7-9(14-2)3-4-12(11)15-8/h3-4,7-8,10H,5-6,13H2,1-2H3. The van der Waals surface area contributed by atoms with Gasteiger partial charge >= 0.3 is 0 Å². The molecule has 0 amide bonds. The van der Waals surface area contributed by atoms with Crippen molar-refractivity contribution in [2.75, 3.05) is 13.7 Å². The molecule has 0 aromatic heterocycles. The second-order valence-electron chi connectivity index (χ2n) is 3.91. The van der Waals surface area contributed by atoms with Crippen LogP contribution in [0, 0.1) is 0 Å². The highest BCUT2D eigenvalue weighted by molar-refractivity contribution is 5.45. The maximum Gasteiger partial charge on any atom is 0.123 e. The SMILES string of the molecule is COc1ccc2c(c1)C(CCN)C(C)O2. The van der Waals surface area contributed by atoms with Crippen molar-refractivity contribution < 1.29 is 9.47 Å². The molecular weight excluding hydrogens is 190 g/mol. The van der Waals surface area contributed by atoms with Gasteiger partial charge in [0.05, 0.1) is 7.11 Å². The Morgan fingerprint density at radius 3 is 2.93 bits per heavy atom. The van der Waals surface area contributed by atoms with Crippen LogP contribution in [0.2, 0.25) is 0 Å². The first-order valence-corrected chi connectivity index (χ1v) is 5.31. The smallest absolute Gasteiger partial charge is 0.123 e. The zero-order valence-corrected chi connectivity index (χ0v) is 9.19. The van der Waals surface area contributed by atoms with Gasteiger partial charge in [-0.15, -0.1) is 0 Å². The van der Waals surface area contributed by atoms with Gasteiger partial charge in [-0.2, -0.15) is 0 Å². The van der Waals surface area contributed by atoms with Gasteiger partial charge in [-0.3, -0.25) is 0 Å². The van der Waals surface area contributed by atoms with Crippen molar-refractivity contribution in [3.8, 4) is 11.5 Å². The molecule has 1 aliphatic heterocycles. The summed E-state index contributed by atoms with van der Waals surface area (Å²) in [5.74, 6) is 2.26. The summed E-state index contributed by atoms with van der Waals surface area (Å²) in [5.41, 5.74) is 6.84. The van der Waals surface area contributed by atoms with E-state index < -0.39 is 0 Å². The number of methoxy groups -OCH3 is 1. The van der Waals surface area contributed by atoms with Crippen LogP contribution < -0.4 is 15.2 Å². The highest BCUT2D eigenvalue weighted by Crippen LogP contribution is 2.41. The van der Waals surface area contributed by atoms with Crippen molar-refractivity contribution in [1.29, 1.82) is 0 Å². The van der Waals surface area contributed by atoms with Gasteiger partial charge in [0.15, 0.2) is 0 Å². The van der Waals surface area contributed by atoms with E-state index in [0.717, 1.165) is 17.9 Å². The maximum absolute atomic E-state index is 5.76. The van der Waals surface area contributed by atoms with Gasteiger partial charge in [-0.05, 0) is 38.1 Å². The third-order valence-corrected chi connectivity index (χ3v) is 2.97. The number of nitrogens with two attached hydrogens (primary N) is 1. The fourth-order valence-electron chi connectivity index (χ4n) is 2.16. The van der Waals surface area contributed by atoms with E-state index in [1.807, 2.05) is 12.1 Å². The second kappa shape index (κ2) is 4.11. The highest BCUT2D eigenvalue weighted by atomic mass is 16.5. The van der Waals surface area contributed by atoms with Gasteiger partial charge in [-0.25, -0.2) is 0 Å². The molecule has 1 aromatic rings. The fraction of sp³-hybridized carbons (Fsp3) is 0.500. The normalized spacial score (nSPS) is 23.4. The Labute approximate surface area is 90.2 Å². The molecule has 0 bridgehead atoms. The minimum atomic E-state index is 0.218. The summed E-state index contributed by atoms with van der Waals surface area (Å²) in [6.07, 6.45) is 1.18. The average molecular weight is 207 g/mol. The number of fused-ring (bicyclic) bond motifs is 1. The minimum absolute atomic E-state index is 0.218. The van der Waals surface area contributed by atoms with Gasteiger partial charge in [0.1, 0.15) is 17.6 Å². The van der Waals surface area contributed by atoms with E-state index in [4.69, 9.17) is 15.2 Å². The Morgan fingerprint density at radius 2 is 2.27 bits per heavy atom. The third kappa shape index (κ3) is 1.79. The molecule has 3 nitrogen and oxygen atoms in total. The molecule has 2 unspecified atom stereocenters. The Balaban J connectivity index is 2.32. The lowest BCUT2D eigenvalue weighted by atomic mass is 9.93. The van der Waals surface area contributed by atoms with Crippen LogP contribution in [0.15, 0.2) is 18.2 Å². The molecule has 1 aliphatic rings. The topological polar surface area (TPSA) is 44.5 Å². The first-order chi connectivity index (χ1) is 7.26. The molecule has 0 aliphatic carbocycles. The van der Waals surface area contributed by atoms with E-state index in [0.29, 0.717) is 12.5 Å². The summed E-state index contributed by atoms with van der Waals surface area (Å²) in [5, 5.41) is 0. The van der Waals surface area contributed by atoms with Gasteiger partial charge in [0.2, 0.25) is 0 Å². The van der Waals surface area contributed by atoms with E-state index in [-0.39, 0.29) is 6.10 Å².